The summed E-state index contributed by atoms with van der Waals surface area (Å²) >= 11 is 0. The molecule has 0 bridgehead atoms. The topological polar surface area (TPSA) is 23.5 Å². The summed E-state index contributed by atoms with van der Waals surface area (Å²) in [6.07, 6.45) is 3.29. The first-order valence-corrected chi connectivity index (χ1v) is 4.02. The first-order chi connectivity index (χ1) is 5.38. The predicted octanol–water partition coefficient (Wildman–Crippen LogP) is 0.853. The van der Waals surface area contributed by atoms with Gasteiger partial charge in [-0.05, 0) is 32.4 Å². The fraction of sp³-hybridized carbons (Fsp3) is 1.00. The normalized spacial score (nSPS) is 28.9. The molecule has 0 aromatic heterocycles. The van der Waals surface area contributed by atoms with Gasteiger partial charge in [0.1, 0.15) is 0 Å². The Labute approximate surface area is 64.2 Å². The van der Waals surface area contributed by atoms with E-state index in [0.29, 0.717) is 12.9 Å². The Hall–Kier alpha value is -0.0800. The molecule has 1 atom stereocenters. The summed E-state index contributed by atoms with van der Waals surface area (Å²) in [5.74, 6) is 0. The molecule has 1 aliphatic rings. The van der Waals surface area contributed by atoms with Crippen molar-refractivity contribution in [3.63, 3.8) is 0 Å². The molecular formula is C8H17NO. The zero-order valence-electron chi connectivity index (χ0n) is 7.42. The average Bonchev–Trinajstić information content (AvgIpc) is 2.47. The second-order valence-corrected chi connectivity index (χ2v) is 2.87. The Balaban J connectivity index is 2.20. The summed E-state index contributed by atoms with van der Waals surface area (Å²) in [4.78, 5) is 2.30. The summed E-state index contributed by atoms with van der Waals surface area (Å²) < 4.78 is 7.00. The minimum atomic E-state index is 0.290. The molecule has 0 radical (unpaired) electrons. The highest BCUT2D eigenvalue weighted by Gasteiger charge is 2.21. The number of aliphatic hydroxyl groups is 1. The van der Waals surface area contributed by atoms with Gasteiger partial charge in [-0.1, -0.05) is 6.90 Å². The van der Waals surface area contributed by atoms with Gasteiger partial charge in [0.25, 0.3) is 0 Å². The fourth-order valence-electron chi connectivity index (χ4n) is 1.60. The lowest BCUT2D eigenvalue weighted by Gasteiger charge is -2.21. The van der Waals surface area contributed by atoms with E-state index in [4.69, 9.17) is 6.48 Å². The van der Waals surface area contributed by atoms with Gasteiger partial charge in [0.15, 0.2) is 0 Å². The van der Waals surface area contributed by atoms with Gasteiger partial charge in [-0.15, -0.1) is 0 Å². The molecule has 0 aliphatic carbocycles. The molecule has 0 aromatic carbocycles. The lowest BCUT2D eigenvalue weighted by Crippen LogP contribution is -2.32. The van der Waals surface area contributed by atoms with Gasteiger partial charge in [0.2, 0.25) is 0 Å². The zero-order valence-corrected chi connectivity index (χ0v) is 6.42. The van der Waals surface area contributed by atoms with Gasteiger partial charge >= 0.3 is 0 Å². The van der Waals surface area contributed by atoms with E-state index in [9.17, 15) is 0 Å². The lowest BCUT2D eigenvalue weighted by atomic mass is 10.2. The Bertz CT molecular complexity index is 110. The highest BCUT2D eigenvalue weighted by molar-refractivity contribution is 4.77. The summed E-state index contributed by atoms with van der Waals surface area (Å²) in [7, 11) is 0. The maximum atomic E-state index is 8.95. The minimum Gasteiger partial charge on any atom is -0.395 e. The van der Waals surface area contributed by atoms with Crippen LogP contribution >= 0.6 is 0 Å². The number of hydrogen-bond donors (Lipinski definition) is 1. The van der Waals surface area contributed by atoms with Crippen molar-refractivity contribution in [2.24, 2.45) is 0 Å². The molecule has 1 saturated heterocycles. The van der Waals surface area contributed by atoms with Crippen LogP contribution in [0.25, 0.3) is 0 Å². The van der Waals surface area contributed by atoms with E-state index >= 15 is 0 Å². The summed E-state index contributed by atoms with van der Waals surface area (Å²) in [6.45, 7) is 2.91. The highest BCUT2D eigenvalue weighted by Crippen LogP contribution is 2.15. The predicted molar refractivity (Wildman–Crippen MR) is 42.0 cm³/mol. The SMILES string of the molecule is [2H]CCCN1CCC[C@H]1CO. The number of hydrogen-bond acceptors (Lipinski definition) is 2. The maximum absolute atomic E-state index is 8.95. The average molecular weight is 144 g/mol. The van der Waals surface area contributed by atoms with Crippen LogP contribution in [-0.2, 0) is 0 Å². The number of nitrogens with zero attached hydrogens (tertiary/aromatic N) is 1. The maximum Gasteiger partial charge on any atom is 0.0586 e. The Morgan fingerprint density at radius 1 is 1.80 bits per heavy atom. The third-order valence-electron chi connectivity index (χ3n) is 2.16. The number of rotatable bonds is 3. The molecule has 1 rings (SSSR count). The van der Waals surface area contributed by atoms with Crippen LogP contribution in [-0.4, -0.2) is 35.7 Å². The molecule has 2 heteroatoms. The van der Waals surface area contributed by atoms with Crippen molar-refractivity contribution >= 4 is 0 Å². The number of likely N-dealkylation sites (tertiary alicyclic amines) is 1. The highest BCUT2D eigenvalue weighted by atomic mass is 16.3. The van der Waals surface area contributed by atoms with Gasteiger partial charge in [-0.3, -0.25) is 4.90 Å². The van der Waals surface area contributed by atoms with E-state index in [0.717, 1.165) is 25.9 Å². The Morgan fingerprint density at radius 2 is 2.70 bits per heavy atom. The third kappa shape index (κ3) is 1.70. The molecule has 2 nitrogen and oxygen atoms in total. The molecule has 60 valence electrons. The van der Waals surface area contributed by atoms with Gasteiger partial charge in [-0.2, -0.15) is 0 Å². The smallest absolute Gasteiger partial charge is 0.0586 e. The van der Waals surface area contributed by atoms with Gasteiger partial charge in [0, 0.05) is 7.41 Å². The Kier molecular flexibility index (Phi) is 2.61. The first-order valence-electron chi connectivity index (χ1n) is 4.73. The summed E-state index contributed by atoms with van der Waals surface area (Å²) in [6, 6.07) is 0.390. The molecule has 1 heterocycles. The van der Waals surface area contributed by atoms with Crippen molar-refractivity contribution in [1.82, 2.24) is 4.90 Å². The van der Waals surface area contributed by atoms with Crippen LogP contribution in [0.3, 0.4) is 0 Å². The quantitative estimate of drug-likeness (QED) is 0.635. The fourth-order valence-corrected chi connectivity index (χ4v) is 1.60. The standard InChI is InChI=1S/C8H17NO/c1-2-5-9-6-3-4-8(9)7-10/h8,10H,2-7H2,1H3/t8-/m0/s1/i1D. The van der Waals surface area contributed by atoms with Gasteiger partial charge in [0.05, 0.1) is 6.61 Å². The van der Waals surface area contributed by atoms with Crippen molar-refractivity contribution < 1.29 is 6.48 Å². The largest absolute Gasteiger partial charge is 0.395 e. The van der Waals surface area contributed by atoms with E-state index in [2.05, 4.69) is 4.90 Å². The lowest BCUT2D eigenvalue weighted by molar-refractivity contribution is 0.159. The monoisotopic (exact) mass is 144 g/mol. The van der Waals surface area contributed by atoms with Crippen LogP contribution < -0.4 is 0 Å². The van der Waals surface area contributed by atoms with E-state index in [-0.39, 0.29) is 6.61 Å². The van der Waals surface area contributed by atoms with Crippen molar-refractivity contribution in [2.75, 3.05) is 19.7 Å². The van der Waals surface area contributed by atoms with E-state index in [1.807, 2.05) is 0 Å². The minimum absolute atomic E-state index is 0.290. The van der Waals surface area contributed by atoms with Crippen LogP contribution in [0.4, 0.5) is 0 Å². The molecular weight excluding hydrogens is 126 g/mol. The summed E-state index contributed by atoms with van der Waals surface area (Å²) in [5, 5.41) is 8.95. The zero-order chi connectivity index (χ0) is 8.10. The van der Waals surface area contributed by atoms with Crippen molar-refractivity contribution in [3.05, 3.63) is 0 Å². The van der Waals surface area contributed by atoms with Crippen molar-refractivity contribution in [3.8, 4) is 0 Å². The molecule has 0 spiro atoms. The van der Waals surface area contributed by atoms with E-state index < -0.39 is 0 Å². The van der Waals surface area contributed by atoms with Crippen LogP contribution in [0.2, 0.25) is 0 Å². The van der Waals surface area contributed by atoms with Crippen molar-refractivity contribution in [2.45, 2.75) is 32.2 Å². The van der Waals surface area contributed by atoms with Gasteiger partial charge in [-0.25, -0.2) is 0 Å². The molecule has 1 N–H and O–H groups in total. The van der Waals surface area contributed by atoms with Gasteiger partial charge < -0.3 is 5.11 Å². The molecule has 1 fully saturated rings. The third-order valence-corrected chi connectivity index (χ3v) is 2.16. The molecule has 0 unspecified atom stereocenters. The molecule has 0 saturated carbocycles. The number of aliphatic hydroxyl groups excluding tert-OH is 1. The second kappa shape index (κ2) is 3.94. The first kappa shape index (κ1) is 6.62. The molecule has 1 aliphatic heterocycles. The Morgan fingerprint density at radius 3 is 3.40 bits per heavy atom. The van der Waals surface area contributed by atoms with Crippen LogP contribution in [0, 0.1) is 0 Å². The molecule has 10 heavy (non-hydrogen) atoms. The van der Waals surface area contributed by atoms with Crippen LogP contribution in [0.5, 0.6) is 0 Å². The second-order valence-electron chi connectivity index (χ2n) is 2.87. The van der Waals surface area contributed by atoms with Crippen LogP contribution in [0.1, 0.15) is 27.5 Å². The molecule has 0 aromatic rings. The van der Waals surface area contributed by atoms with Crippen molar-refractivity contribution in [1.29, 1.82) is 0 Å². The van der Waals surface area contributed by atoms with E-state index in [1.54, 1.807) is 0 Å². The summed E-state index contributed by atoms with van der Waals surface area (Å²) in [5.41, 5.74) is 0. The molecule has 0 amide bonds. The van der Waals surface area contributed by atoms with Crippen LogP contribution in [0.15, 0.2) is 0 Å². The van der Waals surface area contributed by atoms with E-state index in [1.165, 1.54) is 6.42 Å².